The molecule has 0 saturated heterocycles. The largest absolute Gasteiger partial charge is 0.496 e. The van der Waals surface area contributed by atoms with Crippen LogP contribution in [0.1, 0.15) is 50.4 Å². The molecule has 0 fully saturated rings. The summed E-state index contributed by atoms with van der Waals surface area (Å²) in [6.07, 6.45) is 5.37. The molecule has 0 aliphatic heterocycles. The van der Waals surface area contributed by atoms with Gasteiger partial charge in [0.05, 0.1) is 7.11 Å². The highest BCUT2D eigenvalue weighted by atomic mass is 16.5. The average molecular weight is 278 g/mol. The first-order chi connectivity index (χ1) is 9.54. The Morgan fingerprint density at radius 2 is 2.00 bits per heavy atom. The van der Waals surface area contributed by atoms with Gasteiger partial charge in [0.15, 0.2) is 0 Å². The molecule has 2 atom stereocenters. The third-order valence-electron chi connectivity index (χ3n) is 4.06. The van der Waals surface area contributed by atoms with Gasteiger partial charge in [-0.25, -0.2) is 0 Å². The highest BCUT2D eigenvalue weighted by Crippen LogP contribution is 2.26. The molecule has 0 amide bonds. The number of hydrogen-bond acceptors (Lipinski definition) is 3. The van der Waals surface area contributed by atoms with Crippen molar-refractivity contribution in [3.05, 3.63) is 23.0 Å². The molecule has 3 heteroatoms. The van der Waals surface area contributed by atoms with Gasteiger partial charge in [-0.2, -0.15) is 0 Å². The molecule has 1 aromatic heterocycles. The first-order valence-corrected chi connectivity index (χ1v) is 7.77. The molecule has 0 radical (unpaired) electrons. The minimum absolute atomic E-state index is 0.485. The number of rotatable bonds is 8. The zero-order valence-corrected chi connectivity index (χ0v) is 13.9. The summed E-state index contributed by atoms with van der Waals surface area (Å²) in [6, 6.07) is 0.485. The van der Waals surface area contributed by atoms with Crippen molar-refractivity contribution < 1.29 is 4.74 Å². The number of likely N-dealkylation sites (N-methyl/N-ethyl adjacent to an activating group) is 1. The van der Waals surface area contributed by atoms with E-state index in [4.69, 9.17) is 4.74 Å². The first kappa shape index (κ1) is 17.0. The summed E-state index contributed by atoms with van der Waals surface area (Å²) in [5.41, 5.74) is 3.44. The van der Waals surface area contributed by atoms with Gasteiger partial charge >= 0.3 is 0 Å². The third kappa shape index (κ3) is 4.20. The molecule has 1 heterocycles. The van der Waals surface area contributed by atoms with Gasteiger partial charge in [-0.1, -0.05) is 27.2 Å². The van der Waals surface area contributed by atoms with Crippen LogP contribution in [0, 0.1) is 19.8 Å². The summed E-state index contributed by atoms with van der Waals surface area (Å²) < 4.78 is 5.51. The van der Waals surface area contributed by atoms with Crippen LogP contribution in [0.2, 0.25) is 0 Å². The Kier molecular flexibility index (Phi) is 7.00. The summed E-state index contributed by atoms with van der Waals surface area (Å²) in [7, 11) is 1.74. The molecule has 0 bridgehead atoms. The second kappa shape index (κ2) is 8.25. The molecule has 20 heavy (non-hydrogen) atoms. The van der Waals surface area contributed by atoms with Gasteiger partial charge in [0.25, 0.3) is 0 Å². The quantitative estimate of drug-likeness (QED) is 0.788. The molecular weight excluding hydrogens is 248 g/mol. The third-order valence-corrected chi connectivity index (χ3v) is 4.06. The Hall–Kier alpha value is -1.09. The number of nitrogens with zero attached hydrogens (tertiary/aromatic N) is 1. The Bertz CT molecular complexity index is 418. The lowest BCUT2D eigenvalue weighted by Gasteiger charge is -2.25. The number of hydrogen-bond donors (Lipinski definition) is 1. The fraction of sp³-hybridized carbons (Fsp3) is 0.706. The van der Waals surface area contributed by atoms with Crippen LogP contribution in [0.5, 0.6) is 5.75 Å². The van der Waals surface area contributed by atoms with E-state index in [0.717, 1.165) is 30.0 Å². The van der Waals surface area contributed by atoms with Crippen molar-refractivity contribution in [2.24, 2.45) is 5.92 Å². The van der Waals surface area contributed by atoms with Crippen LogP contribution in [0.25, 0.3) is 0 Å². The number of pyridine rings is 1. The first-order valence-electron chi connectivity index (χ1n) is 7.77. The molecule has 0 saturated carbocycles. The normalized spacial score (nSPS) is 14.1. The van der Waals surface area contributed by atoms with Crippen molar-refractivity contribution >= 4 is 0 Å². The molecule has 0 aromatic carbocycles. The van der Waals surface area contributed by atoms with Crippen molar-refractivity contribution in [1.29, 1.82) is 0 Å². The van der Waals surface area contributed by atoms with Gasteiger partial charge in [-0.15, -0.1) is 0 Å². The van der Waals surface area contributed by atoms with E-state index in [1.54, 1.807) is 7.11 Å². The highest BCUT2D eigenvalue weighted by molar-refractivity contribution is 5.41. The van der Waals surface area contributed by atoms with E-state index < -0.39 is 0 Å². The van der Waals surface area contributed by atoms with Crippen molar-refractivity contribution in [2.45, 2.75) is 59.9 Å². The van der Waals surface area contributed by atoms with E-state index in [-0.39, 0.29) is 0 Å². The molecule has 114 valence electrons. The number of nitrogens with one attached hydrogen (secondary N) is 1. The molecule has 3 nitrogen and oxygen atoms in total. The van der Waals surface area contributed by atoms with E-state index >= 15 is 0 Å². The smallest absolute Gasteiger partial charge is 0.128 e. The minimum Gasteiger partial charge on any atom is -0.496 e. The van der Waals surface area contributed by atoms with Crippen molar-refractivity contribution in [3.63, 3.8) is 0 Å². The Morgan fingerprint density at radius 3 is 2.55 bits per heavy atom. The van der Waals surface area contributed by atoms with Gasteiger partial charge < -0.3 is 10.1 Å². The van der Waals surface area contributed by atoms with Crippen LogP contribution < -0.4 is 10.1 Å². The summed E-state index contributed by atoms with van der Waals surface area (Å²) in [5, 5.41) is 3.61. The molecule has 0 aliphatic rings. The maximum Gasteiger partial charge on any atom is 0.128 e. The standard InChI is InChI=1S/C17H30N2O/c1-7-9-12(3)15(18-8-2)10-16-14(5)17(20-6)13(4)11-19-16/h11-12,15,18H,7-10H2,1-6H3. The van der Waals surface area contributed by atoms with Crippen LogP contribution >= 0.6 is 0 Å². The Labute approximate surface area is 124 Å². The van der Waals surface area contributed by atoms with E-state index in [1.165, 1.54) is 18.4 Å². The van der Waals surface area contributed by atoms with Crippen molar-refractivity contribution in [1.82, 2.24) is 10.3 Å². The lowest BCUT2D eigenvalue weighted by atomic mass is 9.91. The number of methoxy groups -OCH3 is 1. The van der Waals surface area contributed by atoms with Crippen LogP contribution in [0.3, 0.4) is 0 Å². The predicted molar refractivity (Wildman–Crippen MR) is 85.5 cm³/mol. The van der Waals surface area contributed by atoms with Crippen LogP contribution in [-0.4, -0.2) is 24.7 Å². The lowest BCUT2D eigenvalue weighted by molar-refractivity contribution is 0.353. The maximum absolute atomic E-state index is 5.51. The van der Waals surface area contributed by atoms with E-state index in [0.29, 0.717) is 12.0 Å². The zero-order chi connectivity index (χ0) is 15.1. The number of aromatic nitrogens is 1. The Morgan fingerprint density at radius 1 is 1.30 bits per heavy atom. The summed E-state index contributed by atoms with van der Waals surface area (Å²) in [6.45, 7) is 11.9. The molecular formula is C17H30N2O. The van der Waals surface area contributed by atoms with E-state index in [2.05, 4.69) is 38.0 Å². The fourth-order valence-electron chi connectivity index (χ4n) is 2.88. The second-order valence-corrected chi connectivity index (χ2v) is 5.68. The average Bonchev–Trinajstić information content (AvgIpc) is 2.42. The summed E-state index contributed by atoms with van der Waals surface area (Å²) in [4.78, 5) is 4.63. The van der Waals surface area contributed by atoms with Crippen LogP contribution in [-0.2, 0) is 6.42 Å². The van der Waals surface area contributed by atoms with Crippen molar-refractivity contribution in [2.75, 3.05) is 13.7 Å². The molecule has 0 aliphatic carbocycles. The van der Waals surface area contributed by atoms with Gasteiger partial charge in [-0.05, 0) is 32.7 Å². The molecule has 1 rings (SSSR count). The minimum atomic E-state index is 0.485. The van der Waals surface area contributed by atoms with Crippen molar-refractivity contribution in [3.8, 4) is 5.75 Å². The predicted octanol–water partition coefficient (Wildman–Crippen LogP) is 3.66. The fourth-order valence-corrected chi connectivity index (χ4v) is 2.88. The van der Waals surface area contributed by atoms with Gasteiger partial charge in [0.1, 0.15) is 5.75 Å². The monoisotopic (exact) mass is 278 g/mol. The van der Waals surface area contributed by atoms with Gasteiger partial charge in [0, 0.05) is 35.5 Å². The van der Waals surface area contributed by atoms with E-state index in [9.17, 15) is 0 Å². The van der Waals surface area contributed by atoms with Gasteiger partial charge in [-0.3, -0.25) is 4.98 Å². The lowest BCUT2D eigenvalue weighted by Crippen LogP contribution is -2.37. The molecule has 1 aromatic rings. The van der Waals surface area contributed by atoms with Crippen LogP contribution in [0.4, 0.5) is 0 Å². The number of ether oxygens (including phenoxy) is 1. The topological polar surface area (TPSA) is 34.1 Å². The van der Waals surface area contributed by atoms with Crippen LogP contribution in [0.15, 0.2) is 6.20 Å². The van der Waals surface area contributed by atoms with Gasteiger partial charge in [0.2, 0.25) is 0 Å². The highest BCUT2D eigenvalue weighted by Gasteiger charge is 2.19. The second-order valence-electron chi connectivity index (χ2n) is 5.68. The zero-order valence-electron chi connectivity index (χ0n) is 13.9. The summed E-state index contributed by atoms with van der Waals surface area (Å²) >= 11 is 0. The van der Waals surface area contributed by atoms with E-state index in [1.807, 2.05) is 13.1 Å². The molecule has 2 unspecified atom stereocenters. The number of aryl methyl sites for hydroxylation is 1. The molecule has 1 N–H and O–H groups in total. The summed E-state index contributed by atoms with van der Waals surface area (Å²) in [5.74, 6) is 1.64. The molecule has 0 spiro atoms. The SMILES string of the molecule is CCCC(C)C(Cc1ncc(C)c(OC)c1C)NCC. The Balaban J connectivity index is 2.93. The maximum atomic E-state index is 5.51.